The van der Waals surface area contributed by atoms with Crippen LogP contribution in [0.4, 0.5) is 0 Å². The zero-order valence-corrected chi connectivity index (χ0v) is 14.9. The van der Waals surface area contributed by atoms with Crippen LogP contribution in [-0.2, 0) is 0 Å². The molecule has 3 unspecified atom stereocenters. The third kappa shape index (κ3) is 3.82. The quantitative estimate of drug-likeness (QED) is 0.785. The molecular formula is C19H38N2. The van der Waals surface area contributed by atoms with Gasteiger partial charge in [-0.25, -0.2) is 0 Å². The Kier molecular flexibility index (Phi) is 6.14. The van der Waals surface area contributed by atoms with Crippen LogP contribution in [0, 0.1) is 17.3 Å². The van der Waals surface area contributed by atoms with Crippen molar-refractivity contribution < 1.29 is 0 Å². The highest BCUT2D eigenvalue weighted by Gasteiger charge is 2.40. The predicted molar refractivity (Wildman–Crippen MR) is 92.4 cm³/mol. The number of rotatable bonds is 6. The molecule has 2 heteroatoms. The molecule has 2 aliphatic rings. The third-order valence-corrected chi connectivity index (χ3v) is 6.86. The number of hydrogen-bond donors (Lipinski definition) is 1. The SMILES string of the molecule is CCN(C1CCCC1)C1CC(C(C)(C)CC)CCC1CN. The van der Waals surface area contributed by atoms with Gasteiger partial charge >= 0.3 is 0 Å². The van der Waals surface area contributed by atoms with Crippen molar-refractivity contribution in [1.82, 2.24) is 4.90 Å². The van der Waals surface area contributed by atoms with Crippen LogP contribution >= 0.6 is 0 Å². The second kappa shape index (κ2) is 7.46. The smallest absolute Gasteiger partial charge is 0.0141 e. The minimum atomic E-state index is 0.493. The van der Waals surface area contributed by atoms with Crippen molar-refractivity contribution in [2.45, 2.75) is 91.1 Å². The lowest BCUT2D eigenvalue weighted by Gasteiger charge is -2.48. The van der Waals surface area contributed by atoms with Crippen LogP contribution in [0.5, 0.6) is 0 Å². The average Bonchev–Trinajstić information content (AvgIpc) is 3.02. The van der Waals surface area contributed by atoms with E-state index in [1.807, 2.05) is 0 Å². The molecule has 2 aliphatic carbocycles. The first-order valence-corrected chi connectivity index (χ1v) is 9.49. The molecule has 0 aromatic carbocycles. The number of hydrogen-bond acceptors (Lipinski definition) is 2. The van der Waals surface area contributed by atoms with Gasteiger partial charge in [-0.15, -0.1) is 0 Å². The minimum Gasteiger partial charge on any atom is -0.330 e. The summed E-state index contributed by atoms with van der Waals surface area (Å²) >= 11 is 0. The van der Waals surface area contributed by atoms with E-state index in [1.54, 1.807) is 0 Å². The summed E-state index contributed by atoms with van der Waals surface area (Å²) in [7, 11) is 0. The van der Waals surface area contributed by atoms with Crippen molar-refractivity contribution in [3.05, 3.63) is 0 Å². The molecule has 124 valence electrons. The van der Waals surface area contributed by atoms with E-state index in [2.05, 4.69) is 32.6 Å². The molecule has 2 N–H and O–H groups in total. The molecule has 2 saturated carbocycles. The van der Waals surface area contributed by atoms with Crippen molar-refractivity contribution in [2.24, 2.45) is 23.0 Å². The van der Waals surface area contributed by atoms with E-state index in [4.69, 9.17) is 5.73 Å². The molecular weight excluding hydrogens is 256 g/mol. The summed E-state index contributed by atoms with van der Waals surface area (Å²) in [5.41, 5.74) is 6.64. The normalized spacial score (nSPS) is 32.0. The molecule has 2 nitrogen and oxygen atoms in total. The lowest BCUT2D eigenvalue weighted by molar-refractivity contribution is 0.0188. The summed E-state index contributed by atoms with van der Waals surface area (Å²) in [6.07, 6.45) is 11.1. The van der Waals surface area contributed by atoms with Gasteiger partial charge in [-0.1, -0.05) is 47.0 Å². The predicted octanol–water partition coefficient (Wildman–Crippen LogP) is 4.43. The Morgan fingerprint density at radius 1 is 1.05 bits per heavy atom. The molecule has 3 atom stereocenters. The standard InChI is InChI=1S/C19H38N2/c1-5-19(3,4)16-12-11-15(14-20)18(13-16)21(6-2)17-9-7-8-10-17/h15-18H,5-14,20H2,1-4H3. The van der Waals surface area contributed by atoms with Gasteiger partial charge in [0.15, 0.2) is 0 Å². The molecule has 0 spiro atoms. The summed E-state index contributed by atoms with van der Waals surface area (Å²) < 4.78 is 0. The van der Waals surface area contributed by atoms with E-state index in [9.17, 15) is 0 Å². The van der Waals surface area contributed by atoms with E-state index in [1.165, 1.54) is 57.9 Å². The summed E-state index contributed by atoms with van der Waals surface area (Å²) in [5, 5.41) is 0. The summed E-state index contributed by atoms with van der Waals surface area (Å²) in [6.45, 7) is 11.8. The first-order valence-electron chi connectivity index (χ1n) is 9.49. The number of nitrogens with two attached hydrogens (primary N) is 1. The maximum atomic E-state index is 6.15. The topological polar surface area (TPSA) is 29.3 Å². The lowest BCUT2D eigenvalue weighted by Crippen LogP contribution is -2.51. The van der Waals surface area contributed by atoms with Gasteiger partial charge in [-0.2, -0.15) is 0 Å². The van der Waals surface area contributed by atoms with Gasteiger partial charge in [0, 0.05) is 12.1 Å². The fourth-order valence-corrected chi connectivity index (χ4v) is 4.89. The Morgan fingerprint density at radius 2 is 1.71 bits per heavy atom. The monoisotopic (exact) mass is 294 g/mol. The van der Waals surface area contributed by atoms with Crippen molar-refractivity contribution in [3.8, 4) is 0 Å². The zero-order valence-electron chi connectivity index (χ0n) is 14.9. The van der Waals surface area contributed by atoms with Crippen LogP contribution in [0.3, 0.4) is 0 Å². The van der Waals surface area contributed by atoms with Crippen molar-refractivity contribution >= 4 is 0 Å². The van der Waals surface area contributed by atoms with Crippen LogP contribution in [0.2, 0.25) is 0 Å². The summed E-state index contributed by atoms with van der Waals surface area (Å²) in [6, 6.07) is 1.59. The highest BCUT2D eigenvalue weighted by molar-refractivity contribution is 4.94. The first-order chi connectivity index (χ1) is 10.0. The van der Waals surface area contributed by atoms with Gasteiger partial charge in [0.2, 0.25) is 0 Å². The number of nitrogens with zero attached hydrogens (tertiary/aromatic N) is 1. The van der Waals surface area contributed by atoms with Crippen molar-refractivity contribution in [2.75, 3.05) is 13.1 Å². The molecule has 0 saturated heterocycles. The highest BCUT2D eigenvalue weighted by Crippen LogP contribution is 2.44. The Labute approximate surface area is 132 Å². The molecule has 0 amide bonds. The Hall–Kier alpha value is -0.0800. The molecule has 0 aromatic heterocycles. The van der Waals surface area contributed by atoms with Gasteiger partial charge in [-0.3, -0.25) is 4.90 Å². The van der Waals surface area contributed by atoms with Crippen molar-refractivity contribution in [1.29, 1.82) is 0 Å². The molecule has 2 rings (SSSR count). The van der Waals surface area contributed by atoms with Crippen LogP contribution < -0.4 is 5.73 Å². The van der Waals surface area contributed by atoms with Gasteiger partial charge in [0.1, 0.15) is 0 Å². The maximum absolute atomic E-state index is 6.15. The first kappa shape index (κ1) is 17.3. The summed E-state index contributed by atoms with van der Waals surface area (Å²) in [5.74, 6) is 1.61. The Balaban J connectivity index is 2.11. The fourth-order valence-electron chi connectivity index (χ4n) is 4.89. The van der Waals surface area contributed by atoms with Gasteiger partial charge in [-0.05, 0) is 62.4 Å². The highest BCUT2D eigenvalue weighted by atomic mass is 15.2. The third-order valence-electron chi connectivity index (χ3n) is 6.86. The maximum Gasteiger partial charge on any atom is 0.0141 e. The van der Waals surface area contributed by atoms with Crippen LogP contribution in [0.1, 0.15) is 79.1 Å². The second-order valence-corrected chi connectivity index (χ2v) is 8.18. The van der Waals surface area contributed by atoms with E-state index in [0.29, 0.717) is 5.41 Å². The zero-order chi connectivity index (χ0) is 15.5. The van der Waals surface area contributed by atoms with Crippen LogP contribution in [-0.4, -0.2) is 30.1 Å². The molecule has 0 aromatic rings. The second-order valence-electron chi connectivity index (χ2n) is 8.18. The Bertz CT molecular complexity index is 307. The Morgan fingerprint density at radius 3 is 2.24 bits per heavy atom. The molecule has 0 bridgehead atoms. The minimum absolute atomic E-state index is 0.493. The average molecular weight is 295 g/mol. The van der Waals surface area contributed by atoms with Crippen LogP contribution in [0.25, 0.3) is 0 Å². The van der Waals surface area contributed by atoms with Crippen LogP contribution in [0.15, 0.2) is 0 Å². The van der Waals surface area contributed by atoms with E-state index in [0.717, 1.165) is 30.5 Å². The molecule has 21 heavy (non-hydrogen) atoms. The molecule has 0 aliphatic heterocycles. The van der Waals surface area contributed by atoms with Gasteiger partial charge < -0.3 is 5.73 Å². The molecule has 0 heterocycles. The largest absolute Gasteiger partial charge is 0.330 e. The molecule has 2 fully saturated rings. The summed E-state index contributed by atoms with van der Waals surface area (Å²) in [4.78, 5) is 2.85. The van der Waals surface area contributed by atoms with E-state index >= 15 is 0 Å². The van der Waals surface area contributed by atoms with Gasteiger partial charge in [0.05, 0.1) is 0 Å². The molecule has 0 radical (unpaired) electrons. The fraction of sp³-hybridized carbons (Fsp3) is 1.00. The van der Waals surface area contributed by atoms with E-state index in [-0.39, 0.29) is 0 Å². The van der Waals surface area contributed by atoms with E-state index < -0.39 is 0 Å². The van der Waals surface area contributed by atoms with Crippen molar-refractivity contribution in [3.63, 3.8) is 0 Å². The van der Waals surface area contributed by atoms with Gasteiger partial charge in [0.25, 0.3) is 0 Å². The lowest BCUT2D eigenvalue weighted by atomic mass is 9.65.